The second kappa shape index (κ2) is 5.05. The fourth-order valence-electron chi connectivity index (χ4n) is 2.67. The number of carbonyl (C=O) groups excluding carboxylic acids is 1. The number of hydrogen-bond acceptors (Lipinski definition) is 3. The van der Waals surface area contributed by atoms with Gasteiger partial charge in [0.15, 0.2) is 0 Å². The van der Waals surface area contributed by atoms with Crippen molar-refractivity contribution in [1.82, 2.24) is 14.5 Å². The van der Waals surface area contributed by atoms with E-state index < -0.39 is 5.97 Å². The van der Waals surface area contributed by atoms with Crippen LogP contribution in [0.5, 0.6) is 0 Å². The molecule has 1 amide bonds. The molecule has 3 rings (SSSR count). The summed E-state index contributed by atoms with van der Waals surface area (Å²) in [5.41, 5.74) is 1.34. The Balaban J connectivity index is 2.11. The fraction of sp³-hybridized carbons (Fsp3) is 0.267. The van der Waals surface area contributed by atoms with Crippen molar-refractivity contribution in [1.29, 1.82) is 0 Å². The van der Waals surface area contributed by atoms with Gasteiger partial charge in [-0.2, -0.15) is 0 Å². The number of benzene rings is 1. The molecule has 21 heavy (non-hydrogen) atoms. The minimum absolute atomic E-state index is 0.0844. The van der Waals surface area contributed by atoms with Crippen LogP contribution in [-0.2, 0) is 4.79 Å². The van der Waals surface area contributed by atoms with Gasteiger partial charge in [-0.3, -0.25) is 9.59 Å². The molecule has 1 unspecified atom stereocenters. The van der Waals surface area contributed by atoms with Gasteiger partial charge in [-0.25, -0.2) is 4.98 Å². The molecule has 0 aliphatic carbocycles. The van der Waals surface area contributed by atoms with Gasteiger partial charge in [-0.05, 0) is 19.1 Å². The molecule has 1 N–H and O–H groups in total. The van der Waals surface area contributed by atoms with Crippen LogP contribution in [0, 0.1) is 0 Å². The average Bonchev–Trinajstić information content (AvgIpc) is 2.93. The van der Waals surface area contributed by atoms with E-state index in [0.717, 1.165) is 11.5 Å². The van der Waals surface area contributed by atoms with Gasteiger partial charge in [0.1, 0.15) is 5.82 Å². The number of nitrogens with zero attached hydrogens (tertiary/aromatic N) is 3. The van der Waals surface area contributed by atoms with E-state index in [1.54, 1.807) is 23.2 Å². The standard InChI is InChI=1S/C15H15N3O3/c1-10-14-16-7-9-18(14)12-5-3-2-4-11(12)15(21)17(10)8-6-13(19)20/h2-5,7,9-10H,6,8H2,1H3,(H,19,20). The maximum atomic E-state index is 12.7. The number of aliphatic carboxylic acids is 1. The first-order chi connectivity index (χ1) is 10.1. The van der Waals surface area contributed by atoms with Gasteiger partial charge in [-0.15, -0.1) is 0 Å². The summed E-state index contributed by atoms with van der Waals surface area (Å²) in [6, 6.07) is 7.02. The van der Waals surface area contributed by atoms with E-state index in [1.807, 2.05) is 29.8 Å². The van der Waals surface area contributed by atoms with Gasteiger partial charge in [0.25, 0.3) is 5.91 Å². The lowest BCUT2D eigenvalue weighted by Crippen LogP contribution is -2.34. The van der Waals surface area contributed by atoms with E-state index in [1.165, 1.54) is 0 Å². The zero-order valence-corrected chi connectivity index (χ0v) is 11.6. The summed E-state index contributed by atoms with van der Waals surface area (Å²) in [5, 5.41) is 8.88. The maximum absolute atomic E-state index is 12.7. The summed E-state index contributed by atoms with van der Waals surface area (Å²) in [6.45, 7) is 2.03. The SMILES string of the molecule is CC1c2nccn2-c2ccccc2C(=O)N1CCC(=O)O. The van der Waals surface area contributed by atoms with Gasteiger partial charge in [-0.1, -0.05) is 12.1 Å². The van der Waals surface area contributed by atoms with Crippen LogP contribution >= 0.6 is 0 Å². The van der Waals surface area contributed by atoms with Crippen molar-refractivity contribution in [2.75, 3.05) is 6.54 Å². The predicted octanol–water partition coefficient (Wildman–Crippen LogP) is 1.86. The molecule has 0 saturated heterocycles. The lowest BCUT2D eigenvalue weighted by atomic mass is 10.1. The number of carboxylic acids is 1. The summed E-state index contributed by atoms with van der Waals surface area (Å²) in [7, 11) is 0. The van der Waals surface area contributed by atoms with E-state index in [9.17, 15) is 9.59 Å². The maximum Gasteiger partial charge on any atom is 0.305 e. The summed E-state index contributed by atoms with van der Waals surface area (Å²) in [5.74, 6) is -0.348. The first-order valence-corrected chi connectivity index (χ1v) is 6.75. The van der Waals surface area contributed by atoms with Crippen molar-refractivity contribution in [3.8, 4) is 5.69 Å². The molecule has 0 fully saturated rings. The van der Waals surface area contributed by atoms with Crippen molar-refractivity contribution in [3.63, 3.8) is 0 Å². The third-order valence-electron chi connectivity index (χ3n) is 3.73. The number of carboxylic acid groups (broad SMARTS) is 1. The molecule has 0 saturated carbocycles. The largest absolute Gasteiger partial charge is 0.481 e. The van der Waals surface area contributed by atoms with Crippen molar-refractivity contribution in [2.24, 2.45) is 0 Å². The molecule has 0 radical (unpaired) electrons. The Labute approximate surface area is 121 Å². The third kappa shape index (κ3) is 2.18. The molecule has 1 aromatic carbocycles. The first kappa shape index (κ1) is 13.4. The van der Waals surface area contributed by atoms with Gasteiger partial charge in [0, 0.05) is 18.9 Å². The number of imidazole rings is 1. The Kier molecular flexibility index (Phi) is 3.21. The van der Waals surface area contributed by atoms with E-state index >= 15 is 0 Å². The highest BCUT2D eigenvalue weighted by Gasteiger charge is 2.31. The number of amides is 1. The first-order valence-electron chi connectivity index (χ1n) is 6.75. The Morgan fingerprint density at radius 2 is 2.14 bits per heavy atom. The second-order valence-corrected chi connectivity index (χ2v) is 4.99. The molecular formula is C15H15N3O3. The average molecular weight is 285 g/mol. The Bertz CT molecular complexity index is 708. The van der Waals surface area contributed by atoms with Crippen LogP contribution in [0.1, 0.15) is 35.6 Å². The minimum atomic E-state index is -0.920. The molecule has 1 aliphatic heterocycles. The molecule has 0 bridgehead atoms. The van der Waals surface area contributed by atoms with Crippen LogP contribution in [0.3, 0.4) is 0 Å². The van der Waals surface area contributed by atoms with Crippen molar-refractivity contribution in [2.45, 2.75) is 19.4 Å². The van der Waals surface area contributed by atoms with E-state index in [-0.39, 0.29) is 24.9 Å². The topological polar surface area (TPSA) is 75.4 Å². The van der Waals surface area contributed by atoms with Gasteiger partial charge < -0.3 is 14.6 Å². The highest BCUT2D eigenvalue weighted by atomic mass is 16.4. The quantitative estimate of drug-likeness (QED) is 0.934. The summed E-state index contributed by atoms with van der Waals surface area (Å²) < 4.78 is 1.89. The Hall–Kier alpha value is -2.63. The summed E-state index contributed by atoms with van der Waals surface area (Å²) in [4.78, 5) is 29.4. The molecular weight excluding hydrogens is 270 g/mol. The van der Waals surface area contributed by atoms with Crippen LogP contribution in [0.2, 0.25) is 0 Å². The second-order valence-electron chi connectivity index (χ2n) is 4.99. The monoisotopic (exact) mass is 285 g/mol. The number of aromatic nitrogens is 2. The van der Waals surface area contributed by atoms with Gasteiger partial charge in [0.05, 0.1) is 23.7 Å². The van der Waals surface area contributed by atoms with E-state index in [4.69, 9.17) is 5.11 Å². The third-order valence-corrected chi connectivity index (χ3v) is 3.73. The molecule has 0 spiro atoms. The molecule has 1 atom stereocenters. The van der Waals surface area contributed by atoms with Crippen LogP contribution in [0.4, 0.5) is 0 Å². The van der Waals surface area contributed by atoms with Crippen molar-refractivity contribution >= 4 is 11.9 Å². The zero-order chi connectivity index (χ0) is 15.0. The normalized spacial score (nSPS) is 17.1. The number of fused-ring (bicyclic) bond motifs is 3. The summed E-state index contributed by atoms with van der Waals surface area (Å²) in [6.07, 6.45) is 3.42. The number of para-hydroxylation sites is 1. The van der Waals surface area contributed by atoms with Crippen LogP contribution in [-0.4, -0.2) is 38.0 Å². The Morgan fingerprint density at radius 1 is 1.38 bits per heavy atom. The highest BCUT2D eigenvalue weighted by molar-refractivity contribution is 5.98. The molecule has 108 valence electrons. The van der Waals surface area contributed by atoms with Gasteiger partial charge >= 0.3 is 5.97 Å². The fourth-order valence-corrected chi connectivity index (χ4v) is 2.67. The van der Waals surface area contributed by atoms with Gasteiger partial charge in [0.2, 0.25) is 0 Å². The molecule has 1 aliphatic rings. The van der Waals surface area contributed by atoms with E-state index in [0.29, 0.717) is 5.56 Å². The lowest BCUT2D eigenvalue weighted by molar-refractivity contribution is -0.137. The van der Waals surface area contributed by atoms with Crippen molar-refractivity contribution in [3.05, 3.63) is 48.0 Å². The lowest BCUT2D eigenvalue weighted by Gasteiger charge is -2.26. The molecule has 2 aromatic rings. The Morgan fingerprint density at radius 3 is 2.90 bits per heavy atom. The van der Waals surface area contributed by atoms with Crippen LogP contribution < -0.4 is 0 Å². The molecule has 6 heteroatoms. The molecule has 2 heterocycles. The smallest absolute Gasteiger partial charge is 0.305 e. The molecule has 6 nitrogen and oxygen atoms in total. The number of rotatable bonds is 3. The minimum Gasteiger partial charge on any atom is -0.481 e. The van der Waals surface area contributed by atoms with E-state index in [2.05, 4.69) is 4.98 Å². The molecule has 1 aromatic heterocycles. The van der Waals surface area contributed by atoms with Crippen LogP contribution in [0.15, 0.2) is 36.7 Å². The summed E-state index contributed by atoms with van der Waals surface area (Å²) >= 11 is 0. The zero-order valence-electron chi connectivity index (χ0n) is 11.6. The number of hydrogen-bond donors (Lipinski definition) is 1. The van der Waals surface area contributed by atoms with Crippen LogP contribution in [0.25, 0.3) is 5.69 Å². The predicted molar refractivity (Wildman–Crippen MR) is 75.3 cm³/mol. The van der Waals surface area contributed by atoms with Crippen molar-refractivity contribution < 1.29 is 14.7 Å². The highest BCUT2D eigenvalue weighted by Crippen LogP contribution is 2.30. The number of carbonyl (C=O) groups is 2.